The van der Waals surface area contributed by atoms with Crippen LogP contribution in [0.4, 0.5) is 11.6 Å². The van der Waals surface area contributed by atoms with Crippen LogP contribution in [0.2, 0.25) is 0 Å². The monoisotopic (exact) mass is 565 g/mol. The van der Waals surface area contributed by atoms with Crippen LogP contribution in [-0.2, 0) is 0 Å². The molecule has 1 aliphatic carbocycles. The molecule has 3 heterocycles. The molecular weight excluding hydrogens is 538 g/mol. The van der Waals surface area contributed by atoms with Gasteiger partial charge in [0.05, 0.1) is 22.8 Å². The average Bonchev–Trinajstić information content (AvgIpc) is 3.62. The third-order valence-electron chi connectivity index (χ3n) is 8.76. The molecule has 2 atom stereocenters. The second kappa shape index (κ2) is 9.89. The SMILES string of the molecule is C1=CC2c3ccc4c5ccccc5n(-c5ccccc5)c4c3N(c3nc(-c4ccccc4)nc(-c4ccccc4)n3)C2C=C1. The van der Waals surface area contributed by atoms with E-state index < -0.39 is 0 Å². The molecule has 9 rings (SSSR count). The molecule has 2 aliphatic rings. The van der Waals surface area contributed by atoms with E-state index in [9.17, 15) is 0 Å². The summed E-state index contributed by atoms with van der Waals surface area (Å²) >= 11 is 0. The lowest BCUT2D eigenvalue weighted by Gasteiger charge is -2.27. The summed E-state index contributed by atoms with van der Waals surface area (Å²) in [5.41, 5.74) is 7.78. The van der Waals surface area contributed by atoms with Gasteiger partial charge in [-0.2, -0.15) is 9.97 Å². The van der Waals surface area contributed by atoms with Crippen LogP contribution in [-0.4, -0.2) is 25.6 Å². The maximum atomic E-state index is 5.20. The Labute approximate surface area is 255 Å². The van der Waals surface area contributed by atoms with Gasteiger partial charge in [-0.25, -0.2) is 4.98 Å². The molecule has 0 fully saturated rings. The largest absolute Gasteiger partial charge is 0.307 e. The number of para-hydroxylation sites is 2. The van der Waals surface area contributed by atoms with Crippen LogP contribution < -0.4 is 4.90 Å². The molecule has 208 valence electrons. The topological polar surface area (TPSA) is 46.8 Å². The molecule has 0 amide bonds. The van der Waals surface area contributed by atoms with Gasteiger partial charge in [0.2, 0.25) is 5.95 Å². The van der Waals surface area contributed by atoms with Crippen LogP contribution in [0.1, 0.15) is 11.5 Å². The lowest BCUT2D eigenvalue weighted by molar-refractivity contribution is 0.728. The van der Waals surface area contributed by atoms with Crippen LogP contribution in [0.3, 0.4) is 0 Å². The number of hydrogen-bond donors (Lipinski definition) is 0. The Balaban J connectivity index is 1.38. The first-order valence-corrected chi connectivity index (χ1v) is 15.0. The minimum Gasteiger partial charge on any atom is -0.307 e. The second-order valence-corrected chi connectivity index (χ2v) is 11.3. The number of benzene rings is 5. The molecule has 0 N–H and O–H groups in total. The summed E-state index contributed by atoms with van der Waals surface area (Å²) < 4.78 is 2.40. The zero-order chi connectivity index (χ0) is 29.0. The molecule has 1 aliphatic heterocycles. The Morgan fingerprint density at radius 1 is 0.523 bits per heavy atom. The summed E-state index contributed by atoms with van der Waals surface area (Å²) in [4.78, 5) is 17.7. The second-order valence-electron chi connectivity index (χ2n) is 11.3. The maximum absolute atomic E-state index is 5.20. The first-order valence-electron chi connectivity index (χ1n) is 15.0. The van der Waals surface area contributed by atoms with Gasteiger partial charge >= 0.3 is 0 Å². The van der Waals surface area contributed by atoms with E-state index in [2.05, 4.69) is 125 Å². The zero-order valence-corrected chi connectivity index (χ0v) is 23.8. The van der Waals surface area contributed by atoms with E-state index in [4.69, 9.17) is 15.0 Å². The fourth-order valence-corrected chi connectivity index (χ4v) is 6.84. The highest BCUT2D eigenvalue weighted by molar-refractivity contribution is 6.15. The van der Waals surface area contributed by atoms with Crippen molar-refractivity contribution in [3.05, 3.63) is 157 Å². The number of nitrogens with zero attached hydrogens (tertiary/aromatic N) is 5. The van der Waals surface area contributed by atoms with Crippen molar-refractivity contribution >= 4 is 33.4 Å². The van der Waals surface area contributed by atoms with Crippen molar-refractivity contribution in [3.63, 3.8) is 0 Å². The number of hydrogen-bond acceptors (Lipinski definition) is 4. The molecule has 0 saturated carbocycles. The third kappa shape index (κ3) is 3.76. The molecule has 0 radical (unpaired) electrons. The van der Waals surface area contributed by atoms with Crippen molar-refractivity contribution in [3.8, 4) is 28.5 Å². The van der Waals surface area contributed by atoms with Crippen molar-refractivity contribution in [2.75, 3.05) is 4.90 Å². The van der Waals surface area contributed by atoms with E-state index in [-0.39, 0.29) is 12.0 Å². The number of rotatable bonds is 4. The van der Waals surface area contributed by atoms with Crippen molar-refractivity contribution in [1.82, 2.24) is 19.5 Å². The van der Waals surface area contributed by atoms with Gasteiger partial charge in [-0.1, -0.05) is 133 Å². The first kappa shape index (κ1) is 24.8. The van der Waals surface area contributed by atoms with Crippen LogP contribution >= 0.6 is 0 Å². The predicted octanol–water partition coefficient (Wildman–Crippen LogP) is 9.03. The fourth-order valence-electron chi connectivity index (χ4n) is 6.84. The van der Waals surface area contributed by atoms with Crippen molar-refractivity contribution < 1.29 is 0 Å². The maximum Gasteiger partial charge on any atom is 0.234 e. The van der Waals surface area contributed by atoms with Crippen LogP contribution in [0.5, 0.6) is 0 Å². The zero-order valence-electron chi connectivity index (χ0n) is 23.8. The molecular formula is C39H27N5. The minimum atomic E-state index is 0.0254. The Kier molecular flexibility index (Phi) is 5.56. The van der Waals surface area contributed by atoms with E-state index in [1.807, 2.05) is 36.4 Å². The normalized spacial score (nSPS) is 16.9. The molecule has 0 bridgehead atoms. The van der Waals surface area contributed by atoms with E-state index >= 15 is 0 Å². The van der Waals surface area contributed by atoms with E-state index in [0.717, 1.165) is 28.0 Å². The van der Waals surface area contributed by atoms with Crippen molar-refractivity contribution in [1.29, 1.82) is 0 Å². The van der Waals surface area contributed by atoms with Crippen molar-refractivity contribution in [2.45, 2.75) is 12.0 Å². The Morgan fingerprint density at radius 3 is 1.84 bits per heavy atom. The van der Waals surface area contributed by atoms with Gasteiger partial charge < -0.3 is 9.47 Å². The van der Waals surface area contributed by atoms with Gasteiger partial charge in [-0.15, -0.1) is 0 Å². The summed E-state index contributed by atoms with van der Waals surface area (Å²) in [6.45, 7) is 0. The third-order valence-corrected chi connectivity index (χ3v) is 8.76. The molecule has 0 saturated heterocycles. The van der Waals surface area contributed by atoms with Gasteiger partial charge in [0.15, 0.2) is 11.6 Å². The molecule has 0 spiro atoms. The first-order chi connectivity index (χ1) is 21.8. The van der Waals surface area contributed by atoms with E-state index in [1.54, 1.807) is 0 Å². The Hall–Kier alpha value is -5.81. The highest BCUT2D eigenvalue weighted by atomic mass is 15.3. The minimum absolute atomic E-state index is 0.0254. The standard InChI is InChI=1S/C39H27N5/c1-4-14-26(15-5-1)37-40-38(27-16-6-2-7-17-27)42-39(41-37)44-34-23-13-11-21-30(34)32-25-24-31-29-20-10-12-22-33(29)43(35(31)36(32)44)28-18-8-3-9-19-28/h1-25,30,34H. The smallest absolute Gasteiger partial charge is 0.234 e. The highest BCUT2D eigenvalue weighted by Crippen LogP contribution is 2.52. The molecule has 5 heteroatoms. The summed E-state index contributed by atoms with van der Waals surface area (Å²) in [5, 5.41) is 2.43. The number of allylic oxidation sites excluding steroid dienone is 2. The number of fused-ring (bicyclic) bond motifs is 7. The lowest BCUT2D eigenvalue weighted by atomic mass is 9.91. The Morgan fingerprint density at radius 2 is 1.14 bits per heavy atom. The molecule has 2 unspecified atom stereocenters. The van der Waals surface area contributed by atoms with Gasteiger partial charge in [0.25, 0.3) is 0 Å². The van der Waals surface area contributed by atoms with Crippen LogP contribution in [0.25, 0.3) is 50.3 Å². The van der Waals surface area contributed by atoms with Gasteiger partial charge in [-0.3, -0.25) is 0 Å². The van der Waals surface area contributed by atoms with E-state index in [0.29, 0.717) is 17.6 Å². The van der Waals surface area contributed by atoms with Gasteiger partial charge in [-0.05, 0) is 23.8 Å². The predicted molar refractivity (Wildman–Crippen MR) is 178 cm³/mol. The molecule has 7 aromatic rings. The average molecular weight is 566 g/mol. The van der Waals surface area contributed by atoms with Gasteiger partial charge in [0.1, 0.15) is 0 Å². The van der Waals surface area contributed by atoms with E-state index in [1.165, 1.54) is 21.9 Å². The summed E-state index contributed by atoms with van der Waals surface area (Å²) in [6, 6.07) is 44.3. The van der Waals surface area contributed by atoms with Gasteiger partial charge in [0, 0.05) is 33.5 Å². The summed E-state index contributed by atoms with van der Waals surface area (Å²) in [6.07, 6.45) is 8.88. The highest BCUT2D eigenvalue weighted by Gasteiger charge is 2.41. The molecule has 5 nitrogen and oxygen atoms in total. The van der Waals surface area contributed by atoms with Crippen LogP contribution in [0, 0.1) is 0 Å². The quantitative estimate of drug-likeness (QED) is 0.214. The summed E-state index contributed by atoms with van der Waals surface area (Å²) in [5.74, 6) is 2.12. The number of anilines is 2. The fraction of sp³-hybridized carbons (Fsp3) is 0.0513. The Bertz CT molecular complexity index is 2180. The molecule has 2 aromatic heterocycles. The molecule has 44 heavy (non-hydrogen) atoms. The van der Waals surface area contributed by atoms with Crippen molar-refractivity contribution in [2.24, 2.45) is 0 Å². The van der Waals surface area contributed by atoms with Crippen LogP contribution in [0.15, 0.2) is 152 Å². The lowest BCUT2D eigenvalue weighted by Crippen LogP contribution is -2.30. The number of aromatic nitrogens is 4. The summed E-state index contributed by atoms with van der Waals surface area (Å²) in [7, 11) is 0. The molecule has 5 aromatic carbocycles.